The Kier molecular flexibility index (Phi) is 4.38. The topological polar surface area (TPSA) is 24.9 Å². The van der Waals surface area contributed by atoms with Gasteiger partial charge in [-0.1, -0.05) is 39.8 Å². The molecule has 3 heteroatoms. The summed E-state index contributed by atoms with van der Waals surface area (Å²) in [7, 11) is 0. The first-order valence-corrected chi connectivity index (χ1v) is 7.98. The van der Waals surface area contributed by atoms with Crippen LogP contribution in [-0.4, -0.2) is 11.5 Å². The van der Waals surface area contributed by atoms with E-state index in [1.165, 1.54) is 16.5 Å². The first kappa shape index (κ1) is 15.3. The van der Waals surface area contributed by atoms with E-state index in [0.717, 1.165) is 28.8 Å². The highest BCUT2D eigenvalue weighted by Gasteiger charge is 2.20. The fraction of sp³-hybridized carbons (Fsp3) is 0.471. The monoisotopic (exact) mass is 334 g/mol. The molecule has 0 bridgehead atoms. The molecule has 2 rings (SSSR count). The largest absolute Gasteiger partial charge is 0.370 e. The van der Waals surface area contributed by atoms with Gasteiger partial charge in [0.2, 0.25) is 0 Å². The van der Waals surface area contributed by atoms with E-state index < -0.39 is 0 Å². The Balaban J connectivity index is 2.68. The molecule has 0 aliphatic carbocycles. The summed E-state index contributed by atoms with van der Waals surface area (Å²) in [5, 5.41) is 4.67. The number of hydrogen-bond donors (Lipinski definition) is 1. The van der Waals surface area contributed by atoms with Gasteiger partial charge >= 0.3 is 0 Å². The van der Waals surface area contributed by atoms with Crippen LogP contribution in [-0.2, 0) is 5.41 Å². The Morgan fingerprint density at radius 1 is 1.25 bits per heavy atom. The average molecular weight is 335 g/mol. The van der Waals surface area contributed by atoms with Gasteiger partial charge in [-0.05, 0) is 46.3 Å². The van der Waals surface area contributed by atoms with Gasteiger partial charge in [0.05, 0.1) is 5.52 Å². The maximum absolute atomic E-state index is 4.88. The van der Waals surface area contributed by atoms with Crippen LogP contribution in [0.4, 0.5) is 5.82 Å². The third-order valence-electron chi connectivity index (χ3n) is 3.47. The predicted octanol–water partition coefficient (Wildman–Crippen LogP) is 5.43. The Hall–Kier alpha value is -1.09. The molecule has 108 valence electrons. The quantitative estimate of drug-likeness (QED) is 0.809. The molecule has 0 spiro atoms. The van der Waals surface area contributed by atoms with Gasteiger partial charge in [0, 0.05) is 22.0 Å². The molecule has 0 saturated heterocycles. The number of pyridine rings is 1. The summed E-state index contributed by atoms with van der Waals surface area (Å²) in [6.45, 7) is 11.9. The number of anilines is 1. The molecule has 0 aliphatic heterocycles. The zero-order valence-corrected chi connectivity index (χ0v) is 14.6. The van der Waals surface area contributed by atoms with Gasteiger partial charge in [0.25, 0.3) is 0 Å². The smallest absolute Gasteiger partial charge is 0.130 e. The minimum atomic E-state index is 0.0780. The lowest BCUT2D eigenvalue weighted by molar-refractivity contribution is 0.590. The van der Waals surface area contributed by atoms with Gasteiger partial charge in [-0.2, -0.15) is 0 Å². The van der Waals surface area contributed by atoms with Crippen LogP contribution in [0.15, 0.2) is 22.7 Å². The van der Waals surface area contributed by atoms with E-state index in [1.807, 2.05) is 0 Å². The third kappa shape index (κ3) is 2.98. The summed E-state index contributed by atoms with van der Waals surface area (Å²) in [5.41, 5.74) is 3.61. The van der Waals surface area contributed by atoms with Crippen molar-refractivity contribution in [2.45, 2.75) is 46.5 Å². The minimum Gasteiger partial charge on any atom is -0.370 e. The second kappa shape index (κ2) is 5.72. The van der Waals surface area contributed by atoms with Crippen LogP contribution in [0.5, 0.6) is 0 Å². The van der Waals surface area contributed by atoms with E-state index in [1.54, 1.807) is 0 Å². The molecule has 0 fully saturated rings. The molecule has 0 aliphatic rings. The number of halogens is 1. The number of nitrogens with zero attached hydrogens (tertiary/aromatic N) is 1. The fourth-order valence-electron chi connectivity index (χ4n) is 2.26. The van der Waals surface area contributed by atoms with Crippen LogP contribution >= 0.6 is 15.9 Å². The molecule has 0 amide bonds. The third-order valence-corrected chi connectivity index (χ3v) is 4.47. The van der Waals surface area contributed by atoms with Crippen LogP contribution in [0.2, 0.25) is 0 Å². The lowest BCUT2D eigenvalue weighted by Crippen LogP contribution is -2.16. The van der Waals surface area contributed by atoms with Crippen molar-refractivity contribution in [3.05, 3.63) is 33.8 Å². The van der Waals surface area contributed by atoms with Gasteiger partial charge < -0.3 is 5.32 Å². The molecule has 1 N–H and O–H groups in total. The molecule has 0 saturated carbocycles. The standard InChI is InChI=1S/C17H23BrN2/c1-6-9-19-16-13(17(3,4)5)10-12-8-7-11(2)14(18)15(12)20-16/h7-8,10H,6,9H2,1-5H3,(H,19,20). The summed E-state index contributed by atoms with van der Waals surface area (Å²) in [5.74, 6) is 1.01. The van der Waals surface area contributed by atoms with E-state index >= 15 is 0 Å². The molecule has 0 atom stereocenters. The summed E-state index contributed by atoms with van der Waals surface area (Å²) in [4.78, 5) is 4.88. The van der Waals surface area contributed by atoms with Gasteiger partial charge in [0.1, 0.15) is 5.82 Å². The van der Waals surface area contributed by atoms with Crippen molar-refractivity contribution >= 4 is 32.7 Å². The van der Waals surface area contributed by atoms with Crippen molar-refractivity contribution in [3.8, 4) is 0 Å². The average Bonchev–Trinajstić information content (AvgIpc) is 2.39. The molecule has 2 aromatic rings. The number of aryl methyl sites for hydroxylation is 1. The number of fused-ring (bicyclic) bond motifs is 1. The second-order valence-corrected chi connectivity index (χ2v) is 7.12. The first-order valence-electron chi connectivity index (χ1n) is 7.18. The van der Waals surface area contributed by atoms with E-state index in [0.29, 0.717) is 0 Å². The summed E-state index contributed by atoms with van der Waals surface area (Å²) >= 11 is 3.67. The van der Waals surface area contributed by atoms with Crippen molar-refractivity contribution in [3.63, 3.8) is 0 Å². The van der Waals surface area contributed by atoms with Gasteiger partial charge in [-0.25, -0.2) is 4.98 Å². The molecule has 1 aromatic heterocycles. The van der Waals surface area contributed by atoms with Crippen molar-refractivity contribution in [2.24, 2.45) is 0 Å². The SMILES string of the molecule is CCCNc1nc2c(Br)c(C)ccc2cc1C(C)(C)C. The lowest BCUT2D eigenvalue weighted by atomic mass is 9.86. The molecule has 20 heavy (non-hydrogen) atoms. The minimum absolute atomic E-state index is 0.0780. The number of benzene rings is 1. The lowest BCUT2D eigenvalue weighted by Gasteiger charge is -2.23. The van der Waals surface area contributed by atoms with Crippen LogP contribution in [0.1, 0.15) is 45.2 Å². The molecule has 0 radical (unpaired) electrons. The summed E-state index contributed by atoms with van der Waals surface area (Å²) in [6, 6.07) is 6.56. The highest BCUT2D eigenvalue weighted by Crippen LogP contribution is 2.34. The Labute approximate surface area is 130 Å². The van der Waals surface area contributed by atoms with Gasteiger partial charge in [0.15, 0.2) is 0 Å². The van der Waals surface area contributed by atoms with Crippen molar-refractivity contribution in [1.29, 1.82) is 0 Å². The maximum Gasteiger partial charge on any atom is 0.130 e. The van der Waals surface area contributed by atoms with Gasteiger partial charge in [-0.3, -0.25) is 0 Å². The molecule has 1 aromatic carbocycles. The Morgan fingerprint density at radius 3 is 2.55 bits per heavy atom. The number of aromatic nitrogens is 1. The molecular formula is C17H23BrN2. The second-order valence-electron chi connectivity index (χ2n) is 6.33. The maximum atomic E-state index is 4.88. The summed E-state index contributed by atoms with van der Waals surface area (Å²) < 4.78 is 1.09. The molecule has 2 nitrogen and oxygen atoms in total. The van der Waals surface area contributed by atoms with E-state index in [-0.39, 0.29) is 5.41 Å². The summed E-state index contributed by atoms with van der Waals surface area (Å²) in [6.07, 6.45) is 1.10. The van der Waals surface area contributed by atoms with Crippen molar-refractivity contribution in [1.82, 2.24) is 4.98 Å². The van der Waals surface area contributed by atoms with Gasteiger partial charge in [-0.15, -0.1) is 0 Å². The zero-order valence-electron chi connectivity index (χ0n) is 13.0. The van der Waals surface area contributed by atoms with Crippen LogP contribution < -0.4 is 5.32 Å². The molecule has 0 unspecified atom stereocenters. The number of rotatable bonds is 3. The van der Waals surface area contributed by atoms with Crippen molar-refractivity contribution < 1.29 is 0 Å². The molecular weight excluding hydrogens is 312 g/mol. The predicted molar refractivity (Wildman–Crippen MR) is 91.7 cm³/mol. The van der Waals surface area contributed by atoms with E-state index in [9.17, 15) is 0 Å². The van der Waals surface area contributed by atoms with Crippen LogP contribution in [0.25, 0.3) is 10.9 Å². The van der Waals surface area contributed by atoms with E-state index in [2.05, 4.69) is 74.1 Å². The zero-order chi connectivity index (χ0) is 14.9. The number of hydrogen-bond acceptors (Lipinski definition) is 2. The highest BCUT2D eigenvalue weighted by molar-refractivity contribution is 9.10. The number of nitrogens with one attached hydrogen (secondary N) is 1. The Morgan fingerprint density at radius 2 is 1.95 bits per heavy atom. The Bertz CT molecular complexity index is 627. The first-order chi connectivity index (χ1) is 9.34. The fourth-order valence-corrected chi connectivity index (χ4v) is 2.71. The normalized spacial score (nSPS) is 11.9. The molecule has 1 heterocycles. The van der Waals surface area contributed by atoms with Crippen LogP contribution in [0.3, 0.4) is 0 Å². The van der Waals surface area contributed by atoms with Crippen LogP contribution in [0, 0.1) is 6.92 Å². The van der Waals surface area contributed by atoms with E-state index in [4.69, 9.17) is 4.98 Å². The highest BCUT2D eigenvalue weighted by atomic mass is 79.9. The van der Waals surface area contributed by atoms with Crippen molar-refractivity contribution in [2.75, 3.05) is 11.9 Å².